The van der Waals surface area contributed by atoms with E-state index in [-0.39, 0.29) is 5.60 Å². The SMILES string of the molecule is CCC(C)(C)Oc1ccnc2cc(Br)cnc12. The summed E-state index contributed by atoms with van der Waals surface area (Å²) in [4.78, 5) is 8.65. The van der Waals surface area contributed by atoms with Crippen LogP contribution in [0, 0.1) is 0 Å². The summed E-state index contributed by atoms with van der Waals surface area (Å²) >= 11 is 3.39. The summed E-state index contributed by atoms with van der Waals surface area (Å²) in [6, 6.07) is 3.80. The van der Waals surface area contributed by atoms with Gasteiger partial charge in [-0.05, 0) is 42.3 Å². The third kappa shape index (κ3) is 2.75. The topological polar surface area (TPSA) is 35.0 Å². The molecule has 0 aliphatic rings. The van der Waals surface area contributed by atoms with Gasteiger partial charge in [-0.25, -0.2) is 4.98 Å². The lowest BCUT2D eigenvalue weighted by Gasteiger charge is -2.25. The number of hydrogen-bond acceptors (Lipinski definition) is 3. The summed E-state index contributed by atoms with van der Waals surface area (Å²) in [6.45, 7) is 6.24. The summed E-state index contributed by atoms with van der Waals surface area (Å²) in [5, 5.41) is 0. The molecule has 0 spiro atoms. The Morgan fingerprint density at radius 3 is 2.82 bits per heavy atom. The van der Waals surface area contributed by atoms with Gasteiger partial charge in [0.05, 0.1) is 5.52 Å². The van der Waals surface area contributed by atoms with Crippen molar-refractivity contribution in [1.82, 2.24) is 9.97 Å². The van der Waals surface area contributed by atoms with Crippen LogP contribution in [0.1, 0.15) is 27.2 Å². The fourth-order valence-electron chi connectivity index (χ4n) is 1.43. The minimum atomic E-state index is -0.191. The van der Waals surface area contributed by atoms with Gasteiger partial charge in [-0.1, -0.05) is 6.92 Å². The molecule has 0 atom stereocenters. The molecule has 90 valence electrons. The number of fused-ring (bicyclic) bond motifs is 1. The van der Waals surface area contributed by atoms with Gasteiger partial charge in [0, 0.05) is 22.9 Å². The molecule has 0 aliphatic carbocycles. The van der Waals surface area contributed by atoms with Gasteiger partial charge in [0.15, 0.2) is 0 Å². The van der Waals surface area contributed by atoms with Crippen molar-refractivity contribution in [2.24, 2.45) is 0 Å². The minimum absolute atomic E-state index is 0.191. The maximum atomic E-state index is 5.99. The van der Waals surface area contributed by atoms with Crippen molar-refractivity contribution in [2.75, 3.05) is 0 Å². The number of aromatic nitrogens is 2. The second kappa shape index (κ2) is 4.61. The van der Waals surface area contributed by atoms with E-state index in [9.17, 15) is 0 Å². The zero-order chi connectivity index (χ0) is 12.5. The number of hydrogen-bond donors (Lipinski definition) is 0. The highest BCUT2D eigenvalue weighted by atomic mass is 79.9. The molecule has 17 heavy (non-hydrogen) atoms. The largest absolute Gasteiger partial charge is 0.485 e. The first-order valence-corrected chi connectivity index (χ1v) is 6.40. The highest BCUT2D eigenvalue weighted by Crippen LogP contribution is 2.28. The Balaban J connectivity index is 2.48. The molecule has 2 aromatic heterocycles. The highest BCUT2D eigenvalue weighted by molar-refractivity contribution is 9.10. The molecule has 0 N–H and O–H groups in total. The Morgan fingerprint density at radius 1 is 1.35 bits per heavy atom. The zero-order valence-corrected chi connectivity index (χ0v) is 11.8. The predicted molar refractivity (Wildman–Crippen MR) is 72.2 cm³/mol. The van der Waals surface area contributed by atoms with Crippen LogP contribution in [-0.2, 0) is 0 Å². The Morgan fingerprint density at radius 2 is 2.12 bits per heavy atom. The molecule has 0 saturated carbocycles. The van der Waals surface area contributed by atoms with E-state index in [1.807, 2.05) is 12.1 Å². The second-order valence-electron chi connectivity index (χ2n) is 4.55. The van der Waals surface area contributed by atoms with Crippen LogP contribution in [-0.4, -0.2) is 15.6 Å². The third-order valence-corrected chi connectivity index (χ3v) is 3.18. The quantitative estimate of drug-likeness (QED) is 0.859. The van der Waals surface area contributed by atoms with E-state index in [1.54, 1.807) is 12.4 Å². The van der Waals surface area contributed by atoms with E-state index in [0.717, 1.165) is 27.7 Å². The highest BCUT2D eigenvalue weighted by Gasteiger charge is 2.18. The minimum Gasteiger partial charge on any atom is -0.485 e. The maximum Gasteiger partial charge on any atom is 0.149 e. The fraction of sp³-hybridized carbons (Fsp3) is 0.385. The van der Waals surface area contributed by atoms with Gasteiger partial charge in [0.25, 0.3) is 0 Å². The number of halogens is 1. The van der Waals surface area contributed by atoms with Crippen LogP contribution >= 0.6 is 15.9 Å². The van der Waals surface area contributed by atoms with Crippen molar-refractivity contribution in [2.45, 2.75) is 32.8 Å². The molecule has 4 heteroatoms. The average molecular weight is 295 g/mol. The maximum absolute atomic E-state index is 5.99. The van der Waals surface area contributed by atoms with E-state index in [4.69, 9.17) is 4.74 Å². The average Bonchev–Trinajstić information content (AvgIpc) is 2.28. The number of pyridine rings is 2. The smallest absolute Gasteiger partial charge is 0.149 e. The number of rotatable bonds is 3. The van der Waals surface area contributed by atoms with Crippen LogP contribution in [0.2, 0.25) is 0 Å². The molecule has 0 bridgehead atoms. The Hall–Kier alpha value is -1.16. The summed E-state index contributed by atoms with van der Waals surface area (Å²) in [5.74, 6) is 0.786. The van der Waals surface area contributed by atoms with Gasteiger partial charge in [-0.2, -0.15) is 0 Å². The van der Waals surface area contributed by atoms with Crippen molar-refractivity contribution in [3.8, 4) is 5.75 Å². The molecule has 0 aliphatic heterocycles. The first-order valence-electron chi connectivity index (χ1n) is 5.61. The van der Waals surface area contributed by atoms with E-state index in [0.29, 0.717) is 0 Å². The van der Waals surface area contributed by atoms with Crippen LogP contribution in [0.5, 0.6) is 5.75 Å². The van der Waals surface area contributed by atoms with Gasteiger partial charge >= 0.3 is 0 Å². The Kier molecular flexibility index (Phi) is 3.33. The van der Waals surface area contributed by atoms with Gasteiger partial charge in [-0.3, -0.25) is 4.98 Å². The molecule has 2 heterocycles. The Bertz CT molecular complexity index is 540. The van der Waals surface area contributed by atoms with Crippen molar-refractivity contribution < 1.29 is 4.74 Å². The van der Waals surface area contributed by atoms with E-state index in [2.05, 4.69) is 46.7 Å². The van der Waals surface area contributed by atoms with Gasteiger partial charge in [0.2, 0.25) is 0 Å². The molecule has 0 amide bonds. The molecule has 0 saturated heterocycles. The van der Waals surface area contributed by atoms with Gasteiger partial charge in [-0.15, -0.1) is 0 Å². The first-order chi connectivity index (χ1) is 8.02. The summed E-state index contributed by atoms with van der Waals surface area (Å²) in [5.41, 5.74) is 1.45. The molecular weight excluding hydrogens is 280 g/mol. The van der Waals surface area contributed by atoms with Crippen LogP contribution < -0.4 is 4.74 Å². The van der Waals surface area contributed by atoms with Crippen LogP contribution in [0.15, 0.2) is 29.0 Å². The second-order valence-corrected chi connectivity index (χ2v) is 5.46. The van der Waals surface area contributed by atoms with Crippen LogP contribution in [0.25, 0.3) is 11.0 Å². The normalized spacial score (nSPS) is 11.8. The lowest BCUT2D eigenvalue weighted by atomic mass is 10.1. The van der Waals surface area contributed by atoms with Crippen molar-refractivity contribution in [3.63, 3.8) is 0 Å². The molecule has 0 aromatic carbocycles. The lowest BCUT2D eigenvalue weighted by Crippen LogP contribution is -2.27. The third-order valence-electron chi connectivity index (χ3n) is 2.74. The van der Waals surface area contributed by atoms with Gasteiger partial charge in [0.1, 0.15) is 16.9 Å². The van der Waals surface area contributed by atoms with E-state index in [1.165, 1.54) is 0 Å². The van der Waals surface area contributed by atoms with Crippen LogP contribution in [0.3, 0.4) is 0 Å². The lowest BCUT2D eigenvalue weighted by molar-refractivity contribution is 0.107. The first kappa shape index (κ1) is 12.3. The molecule has 2 aromatic rings. The molecule has 0 unspecified atom stereocenters. The van der Waals surface area contributed by atoms with Crippen LogP contribution in [0.4, 0.5) is 0 Å². The summed E-state index contributed by atoms with van der Waals surface area (Å²) in [7, 11) is 0. The molecular formula is C13H15BrN2O. The Labute approximate surface area is 109 Å². The van der Waals surface area contributed by atoms with Crippen molar-refractivity contribution in [1.29, 1.82) is 0 Å². The fourth-order valence-corrected chi connectivity index (χ4v) is 1.75. The number of nitrogens with zero attached hydrogens (tertiary/aromatic N) is 2. The summed E-state index contributed by atoms with van der Waals surface area (Å²) in [6.07, 6.45) is 4.45. The van der Waals surface area contributed by atoms with E-state index >= 15 is 0 Å². The van der Waals surface area contributed by atoms with Crippen molar-refractivity contribution >= 4 is 27.0 Å². The molecule has 3 nitrogen and oxygen atoms in total. The molecule has 0 radical (unpaired) electrons. The monoisotopic (exact) mass is 294 g/mol. The predicted octanol–water partition coefficient (Wildman–Crippen LogP) is 3.96. The molecule has 0 fully saturated rings. The zero-order valence-electron chi connectivity index (χ0n) is 10.2. The van der Waals surface area contributed by atoms with Gasteiger partial charge < -0.3 is 4.74 Å². The van der Waals surface area contributed by atoms with E-state index < -0.39 is 0 Å². The summed E-state index contributed by atoms with van der Waals surface area (Å²) < 4.78 is 6.91. The standard InChI is InChI=1S/C13H15BrN2O/c1-4-13(2,3)17-11-5-6-15-10-7-9(14)8-16-12(10)11/h5-8H,4H2,1-3H3. The van der Waals surface area contributed by atoms with Crippen molar-refractivity contribution in [3.05, 3.63) is 29.0 Å². The molecule has 2 rings (SSSR count). The number of ether oxygens (including phenoxy) is 1.